The third kappa shape index (κ3) is 1.01. The topological polar surface area (TPSA) is 3.24 Å². The minimum Gasteiger partial charge on any atom is -0.297 e. The van der Waals surface area contributed by atoms with E-state index >= 15 is 0 Å². The predicted molar refractivity (Wildman–Crippen MR) is 47.6 cm³/mol. The molecule has 11 heavy (non-hydrogen) atoms. The fourth-order valence-corrected chi connectivity index (χ4v) is 2.67. The molecule has 0 N–H and O–H groups in total. The second-order valence-corrected chi connectivity index (χ2v) is 4.69. The van der Waals surface area contributed by atoms with Gasteiger partial charge >= 0.3 is 0 Å². The highest BCUT2D eigenvalue weighted by atomic mass is 15.3. The molecule has 1 saturated heterocycles. The van der Waals surface area contributed by atoms with Crippen LogP contribution in [-0.4, -0.2) is 23.5 Å². The van der Waals surface area contributed by atoms with Crippen molar-refractivity contribution in [2.45, 2.75) is 51.1 Å². The molecule has 0 aromatic rings. The Balaban J connectivity index is 2.06. The van der Waals surface area contributed by atoms with Gasteiger partial charge in [0, 0.05) is 11.6 Å². The summed E-state index contributed by atoms with van der Waals surface area (Å²) in [4.78, 5) is 2.65. The lowest BCUT2D eigenvalue weighted by atomic mass is 10.0. The van der Waals surface area contributed by atoms with E-state index in [2.05, 4.69) is 25.8 Å². The summed E-state index contributed by atoms with van der Waals surface area (Å²) in [5.74, 6) is 0.847. The Kier molecular flexibility index (Phi) is 1.54. The number of nitrogens with zero attached hydrogens (tertiary/aromatic N) is 1. The minimum atomic E-state index is 0.689. The van der Waals surface area contributed by atoms with Gasteiger partial charge < -0.3 is 0 Å². The van der Waals surface area contributed by atoms with Crippen molar-refractivity contribution in [1.29, 1.82) is 0 Å². The Morgan fingerprint density at radius 2 is 1.91 bits per heavy atom. The van der Waals surface area contributed by atoms with Crippen molar-refractivity contribution in [1.82, 2.24) is 4.90 Å². The highest BCUT2D eigenvalue weighted by Crippen LogP contribution is 2.51. The Labute approximate surface area is 69.8 Å². The van der Waals surface area contributed by atoms with Crippen LogP contribution in [0.4, 0.5) is 0 Å². The van der Waals surface area contributed by atoms with Gasteiger partial charge in [0.05, 0.1) is 0 Å². The minimum absolute atomic E-state index is 0.689. The van der Waals surface area contributed by atoms with Gasteiger partial charge in [-0.25, -0.2) is 0 Å². The van der Waals surface area contributed by atoms with Crippen molar-refractivity contribution >= 4 is 0 Å². The molecule has 1 unspecified atom stereocenters. The molecular weight excluding hydrogens is 134 g/mol. The monoisotopic (exact) mass is 153 g/mol. The van der Waals surface area contributed by atoms with E-state index in [9.17, 15) is 0 Å². The van der Waals surface area contributed by atoms with Crippen molar-refractivity contribution < 1.29 is 0 Å². The van der Waals surface area contributed by atoms with E-state index in [0.29, 0.717) is 5.54 Å². The quantitative estimate of drug-likeness (QED) is 0.558. The Morgan fingerprint density at radius 3 is 2.18 bits per heavy atom. The molecule has 1 aliphatic carbocycles. The first kappa shape index (κ1) is 7.60. The summed E-state index contributed by atoms with van der Waals surface area (Å²) in [6.45, 7) is 4.70. The summed E-state index contributed by atoms with van der Waals surface area (Å²) in [5, 5.41) is 0. The van der Waals surface area contributed by atoms with E-state index in [-0.39, 0.29) is 0 Å². The van der Waals surface area contributed by atoms with Gasteiger partial charge in [0.2, 0.25) is 0 Å². The van der Waals surface area contributed by atoms with Crippen molar-refractivity contribution in [3.63, 3.8) is 0 Å². The average molecular weight is 153 g/mol. The largest absolute Gasteiger partial charge is 0.297 e. The average Bonchev–Trinajstić information content (AvgIpc) is 2.61. The first-order chi connectivity index (χ1) is 5.16. The van der Waals surface area contributed by atoms with Gasteiger partial charge in [-0.2, -0.15) is 0 Å². The maximum atomic E-state index is 2.65. The van der Waals surface area contributed by atoms with E-state index in [1.807, 2.05) is 0 Å². The number of hydrogen-bond donors (Lipinski definition) is 0. The van der Waals surface area contributed by atoms with Gasteiger partial charge in [0.15, 0.2) is 0 Å². The maximum Gasteiger partial charge on any atom is 0.0211 e. The zero-order chi connectivity index (χ0) is 8.06. The molecular formula is C10H19N. The Hall–Kier alpha value is -0.0400. The lowest BCUT2D eigenvalue weighted by molar-refractivity contribution is 0.185. The molecule has 0 bridgehead atoms. The van der Waals surface area contributed by atoms with Crippen LogP contribution in [0.2, 0.25) is 0 Å². The Bertz CT molecular complexity index is 158. The fraction of sp³-hybridized carbons (Fsp3) is 1.00. The summed E-state index contributed by atoms with van der Waals surface area (Å²) >= 11 is 0. The van der Waals surface area contributed by atoms with Crippen molar-refractivity contribution in [3.8, 4) is 0 Å². The molecule has 0 aromatic heterocycles. The van der Waals surface area contributed by atoms with Crippen molar-refractivity contribution in [2.75, 3.05) is 7.05 Å². The fourth-order valence-electron chi connectivity index (χ4n) is 2.67. The molecule has 1 aliphatic heterocycles. The van der Waals surface area contributed by atoms with Crippen molar-refractivity contribution in [2.24, 2.45) is 5.92 Å². The van der Waals surface area contributed by atoms with Gasteiger partial charge in [-0.1, -0.05) is 13.8 Å². The van der Waals surface area contributed by atoms with Crippen LogP contribution in [0.1, 0.15) is 39.5 Å². The maximum absolute atomic E-state index is 2.65. The van der Waals surface area contributed by atoms with Crippen LogP contribution >= 0.6 is 0 Å². The third-order valence-electron chi connectivity index (χ3n) is 3.75. The van der Waals surface area contributed by atoms with Crippen LogP contribution in [0, 0.1) is 5.92 Å². The zero-order valence-corrected chi connectivity index (χ0v) is 7.93. The molecule has 1 atom stereocenters. The smallest absolute Gasteiger partial charge is 0.0211 e. The predicted octanol–water partition coefficient (Wildman–Crippen LogP) is 2.27. The van der Waals surface area contributed by atoms with Gasteiger partial charge in [0.1, 0.15) is 0 Å². The third-order valence-corrected chi connectivity index (χ3v) is 3.75. The van der Waals surface area contributed by atoms with Crippen LogP contribution in [0.5, 0.6) is 0 Å². The Morgan fingerprint density at radius 1 is 1.27 bits per heavy atom. The highest BCUT2D eigenvalue weighted by Gasteiger charge is 2.52. The van der Waals surface area contributed by atoms with E-state index < -0.39 is 0 Å². The van der Waals surface area contributed by atoms with E-state index in [1.165, 1.54) is 25.7 Å². The second kappa shape index (κ2) is 2.22. The SMILES string of the molecule is CC(C)C1CCC2(CC2)N1C. The molecule has 0 aromatic carbocycles. The van der Waals surface area contributed by atoms with Crippen LogP contribution in [-0.2, 0) is 0 Å². The molecule has 0 amide bonds. The van der Waals surface area contributed by atoms with Gasteiger partial charge in [-0.05, 0) is 38.6 Å². The van der Waals surface area contributed by atoms with Crippen LogP contribution in [0.15, 0.2) is 0 Å². The number of rotatable bonds is 1. The molecule has 1 spiro atoms. The van der Waals surface area contributed by atoms with Gasteiger partial charge in [-0.15, -0.1) is 0 Å². The summed E-state index contributed by atoms with van der Waals surface area (Å²) < 4.78 is 0. The summed E-state index contributed by atoms with van der Waals surface area (Å²) in [6, 6.07) is 0.873. The molecule has 1 saturated carbocycles. The number of hydrogen-bond acceptors (Lipinski definition) is 1. The first-order valence-corrected chi connectivity index (χ1v) is 4.89. The van der Waals surface area contributed by atoms with Gasteiger partial charge in [0.25, 0.3) is 0 Å². The first-order valence-electron chi connectivity index (χ1n) is 4.89. The van der Waals surface area contributed by atoms with Crippen molar-refractivity contribution in [3.05, 3.63) is 0 Å². The van der Waals surface area contributed by atoms with Crippen LogP contribution in [0.25, 0.3) is 0 Å². The molecule has 1 heteroatoms. The normalized spacial score (nSPS) is 35.5. The number of likely N-dealkylation sites (tertiary alicyclic amines) is 1. The molecule has 2 fully saturated rings. The molecule has 0 radical (unpaired) electrons. The van der Waals surface area contributed by atoms with Gasteiger partial charge in [-0.3, -0.25) is 4.90 Å². The summed E-state index contributed by atoms with van der Waals surface area (Å²) in [5.41, 5.74) is 0.689. The van der Waals surface area contributed by atoms with E-state index in [0.717, 1.165) is 12.0 Å². The van der Waals surface area contributed by atoms with Crippen LogP contribution in [0.3, 0.4) is 0 Å². The second-order valence-electron chi connectivity index (χ2n) is 4.69. The zero-order valence-electron chi connectivity index (χ0n) is 7.93. The summed E-state index contributed by atoms with van der Waals surface area (Å²) in [6.07, 6.45) is 5.83. The molecule has 2 aliphatic rings. The molecule has 2 rings (SSSR count). The molecule has 64 valence electrons. The van der Waals surface area contributed by atoms with Crippen LogP contribution < -0.4 is 0 Å². The lowest BCUT2D eigenvalue weighted by Gasteiger charge is -2.28. The molecule has 1 heterocycles. The lowest BCUT2D eigenvalue weighted by Crippen LogP contribution is -2.36. The highest BCUT2D eigenvalue weighted by molar-refractivity contribution is 5.09. The summed E-state index contributed by atoms with van der Waals surface area (Å²) in [7, 11) is 2.32. The standard InChI is InChI=1S/C10H19N/c1-8(2)9-4-5-10(6-7-10)11(9)3/h8-9H,4-7H2,1-3H3. The van der Waals surface area contributed by atoms with E-state index in [4.69, 9.17) is 0 Å². The molecule has 1 nitrogen and oxygen atoms in total. The van der Waals surface area contributed by atoms with E-state index in [1.54, 1.807) is 0 Å².